The molecule has 0 spiro atoms. The van der Waals surface area contributed by atoms with Crippen molar-refractivity contribution in [3.63, 3.8) is 0 Å². The van der Waals surface area contributed by atoms with Crippen LogP contribution in [-0.2, 0) is 4.79 Å². The van der Waals surface area contributed by atoms with Crippen LogP contribution in [0.2, 0.25) is 0 Å². The summed E-state index contributed by atoms with van der Waals surface area (Å²) in [6.45, 7) is 1.77. The summed E-state index contributed by atoms with van der Waals surface area (Å²) >= 11 is 0. The number of pyridine rings is 1. The Morgan fingerprint density at radius 3 is 2.48 bits per heavy atom. The molecule has 1 amide bonds. The van der Waals surface area contributed by atoms with Gasteiger partial charge < -0.3 is 15.6 Å². The van der Waals surface area contributed by atoms with E-state index < -0.39 is 0 Å². The van der Waals surface area contributed by atoms with Crippen molar-refractivity contribution in [2.75, 3.05) is 13.1 Å². The van der Waals surface area contributed by atoms with Gasteiger partial charge >= 0.3 is 0 Å². The fraction of sp³-hybridized carbons (Fsp3) is 0.636. The van der Waals surface area contributed by atoms with Crippen LogP contribution in [0.1, 0.15) is 56.4 Å². The Kier molecular flexibility index (Phi) is 7.13. The molecule has 0 radical (unpaired) electrons. The van der Waals surface area contributed by atoms with Gasteiger partial charge in [-0.25, -0.2) is 4.98 Å². The maximum atomic E-state index is 13.2. The lowest BCUT2D eigenvalue weighted by molar-refractivity contribution is -0.139. The van der Waals surface area contributed by atoms with Gasteiger partial charge in [0.25, 0.3) is 0 Å². The Morgan fingerprint density at radius 2 is 1.79 bits per heavy atom. The summed E-state index contributed by atoms with van der Waals surface area (Å²) in [6.07, 6.45) is 11.8. The summed E-state index contributed by atoms with van der Waals surface area (Å²) in [4.78, 5) is 23.0. The van der Waals surface area contributed by atoms with Gasteiger partial charge in [0.1, 0.15) is 5.65 Å². The number of hydrogen-bond donors (Lipinski definition) is 2. The minimum absolute atomic E-state index is 0. The second kappa shape index (κ2) is 9.23. The fourth-order valence-electron chi connectivity index (χ4n) is 5.97. The molecule has 2 unspecified atom stereocenters. The van der Waals surface area contributed by atoms with E-state index in [2.05, 4.69) is 27.1 Å². The molecule has 2 aliphatic carbocycles. The number of nitrogens with two attached hydrogens (primary N) is 1. The molecular formula is C22H32Cl2N4O. The molecule has 1 saturated heterocycles. The quantitative estimate of drug-likeness (QED) is 0.734. The largest absolute Gasteiger partial charge is 0.346 e. The van der Waals surface area contributed by atoms with Gasteiger partial charge in [0, 0.05) is 42.8 Å². The molecule has 3 fully saturated rings. The van der Waals surface area contributed by atoms with Crippen molar-refractivity contribution in [2.24, 2.45) is 23.5 Å². The number of H-pyrrole nitrogens is 1. The van der Waals surface area contributed by atoms with Crippen LogP contribution in [0.5, 0.6) is 0 Å². The van der Waals surface area contributed by atoms with Gasteiger partial charge in [-0.05, 0) is 74.0 Å². The van der Waals surface area contributed by atoms with E-state index in [9.17, 15) is 4.79 Å². The summed E-state index contributed by atoms with van der Waals surface area (Å²) in [5.74, 6) is 2.28. The number of fused-ring (bicyclic) bond motifs is 3. The molecular weight excluding hydrogens is 407 g/mol. The molecule has 2 bridgehead atoms. The maximum absolute atomic E-state index is 13.2. The average molecular weight is 439 g/mol. The molecule has 29 heavy (non-hydrogen) atoms. The number of amides is 1. The highest BCUT2D eigenvalue weighted by atomic mass is 35.5. The summed E-state index contributed by atoms with van der Waals surface area (Å²) in [6, 6.07) is 4.49. The van der Waals surface area contributed by atoms with E-state index in [1.807, 2.05) is 12.3 Å². The summed E-state index contributed by atoms with van der Waals surface area (Å²) in [5, 5.41) is 1.23. The first kappa shape index (κ1) is 22.4. The number of piperidine rings is 1. The van der Waals surface area contributed by atoms with Crippen LogP contribution in [0.4, 0.5) is 0 Å². The summed E-state index contributed by atoms with van der Waals surface area (Å²) < 4.78 is 0. The normalized spacial score (nSPS) is 29.8. The maximum Gasteiger partial charge on any atom is 0.225 e. The van der Waals surface area contributed by atoms with Crippen LogP contribution in [0, 0.1) is 17.8 Å². The molecule has 160 valence electrons. The van der Waals surface area contributed by atoms with Crippen LogP contribution in [0.3, 0.4) is 0 Å². The van der Waals surface area contributed by atoms with Crippen molar-refractivity contribution < 1.29 is 4.79 Å². The van der Waals surface area contributed by atoms with Crippen molar-refractivity contribution in [1.29, 1.82) is 0 Å². The number of aromatic nitrogens is 2. The topological polar surface area (TPSA) is 75.0 Å². The SMILES string of the molecule is Cl.Cl.NC1C2CCCC1CC(C(=O)N1CCC(c3c[nH]c4ncccc34)CC1)C2. The molecule has 2 aromatic rings. The van der Waals surface area contributed by atoms with Gasteiger partial charge in [-0.15, -0.1) is 24.8 Å². The number of nitrogens with one attached hydrogen (secondary N) is 1. The highest BCUT2D eigenvalue weighted by Crippen LogP contribution is 2.43. The monoisotopic (exact) mass is 438 g/mol. The predicted octanol–water partition coefficient (Wildman–Crippen LogP) is 4.27. The molecule has 3 N–H and O–H groups in total. The number of carbonyl (C=O) groups is 1. The molecule has 7 heteroatoms. The van der Waals surface area contributed by atoms with Crippen molar-refractivity contribution in [3.8, 4) is 0 Å². The van der Waals surface area contributed by atoms with E-state index in [0.717, 1.165) is 44.4 Å². The third-order valence-corrected chi connectivity index (χ3v) is 7.49. The van der Waals surface area contributed by atoms with E-state index >= 15 is 0 Å². The second-order valence-corrected chi connectivity index (χ2v) is 8.94. The van der Waals surface area contributed by atoms with Crippen molar-refractivity contribution >= 4 is 41.8 Å². The zero-order valence-electron chi connectivity index (χ0n) is 16.8. The lowest BCUT2D eigenvalue weighted by Crippen LogP contribution is -2.50. The zero-order chi connectivity index (χ0) is 18.4. The third kappa shape index (κ3) is 4.14. The Morgan fingerprint density at radius 1 is 1.10 bits per heavy atom. The van der Waals surface area contributed by atoms with Gasteiger partial charge in [-0.3, -0.25) is 4.79 Å². The predicted molar refractivity (Wildman–Crippen MR) is 121 cm³/mol. The van der Waals surface area contributed by atoms with Crippen molar-refractivity contribution in [2.45, 2.75) is 56.9 Å². The number of aromatic amines is 1. The van der Waals surface area contributed by atoms with E-state index in [1.54, 1.807) is 0 Å². The lowest BCUT2D eigenvalue weighted by atomic mass is 9.65. The molecule has 1 aliphatic heterocycles. The summed E-state index contributed by atoms with van der Waals surface area (Å²) in [7, 11) is 0. The standard InChI is InChI=1S/C22H30N4O.2ClH/c23-20-15-3-1-4-16(20)12-17(11-15)22(27)26-9-6-14(7-10-26)19-13-25-21-18(19)5-2-8-24-21;;/h2,5,8,13-17,20H,1,3-4,6-7,9-12,23H2,(H,24,25);2*1H. The van der Waals surface area contributed by atoms with Gasteiger partial charge in [0.2, 0.25) is 5.91 Å². The Bertz CT molecular complexity index is 819. The lowest BCUT2D eigenvalue weighted by Gasteiger charge is -2.45. The Labute approximate surface area is 185 Å². The molecule has 5 nitrogen and oxygen atoms in total. The molecule has 0 aromatic carbocycles. The minimum Gasteiger partial charge on any atom is -0.346 e. The minimum atomic E-state index is 0. The first-order valence-corrected chi connectivity index (χ1v) is 10.7. The smallest absolute Gasteiger partial charge is 0.225 e. The molecule has 2 aromatic heterocycles. The van der Waals surface area contributed by atoms with Crippen LogP contribution < -0.4 is 5.73 Å². The number of hydrogen-bond acceptors (Lipinski definition) is 3. The van der Waals surface area contributed by atoms with Gasteiger partial charge in [0.05, 0.1) is 0 Å². The Balaban J connectivity index is 0.00000120. The number of carbonyl (C=O) groups excluding carboxylic acids is 1. The molecule has 2 saturated carbocycles. The zero-order valence-corrected chi connectivity index (χ0v) is 18.4. The van der Waals surface area contributed by atoms with Crippen molar-refractivity contribution in [3.05, 3.63) is 30.1 Å². The summed E-state index contributed by atoms with van der Waals surface area (Å²) in [5.41, 5.74) is 8.74. The number of rotatable bonds is 2. The van der Waals surface area contributed by atoms with Gasteiger partial charge in [-0.1, -0.05) is 6.42 Å². The van der Waals surface area contributed by atoms with E-state index in [0.29, 0.717) is 29.7 Å². The van der Waals surface area contributed by atoms with E-state index in [1.165, 1.54) is 30.2 Å². The number of likely N-dealkylation sites (tertiary alicyclic amines) is 1. The number of halogens is 2. The van der Waals surface area contributed by atoms with Gasteiger partial charge in [0.15, 0.2) is 0 Å². The molecule has 3 heterocycles. The van der Waals surface area contributed by atoms with Crippen molar-refractivity contribution in [1.82, 2.24) is 14.9 Å². The first-order valence-electron chi connectivity index (χ1n) is 10.7. The molecule has 5 rings (SSSR count). The van der Waals surface area contributed by atoms with Gasteiger partial charge in [-0.2, -0.15) is 0 Å². The van der Waals surface area contributed by atoms with E-state index in [-0.39, 0.29) is 30.7 Å². The number of nitrogens with zero attached hydrogens (tertiary/aromatic N) is 2. The third-order valence-electron chi connectivity index (χ3n) is 7.49. The molecule has 3 aliphatic rings. The van der Waals surface area contributed by atoms with Crippen LogP contribution in [0.15, 0.2) is 24.5 Å². The highest BCUT2D eigenvalue weighted by Gasteiger charge is 2.42. The van der Waals surface area contributed by atoms with Crippen LogP contribution in [0.25, 0.3) is 11.0 Å². The van der Waals surface area contributed by atoms with E-state index in [4.69, 9.17) is 5.73 Å². The first-order chi connectivity index (χ1) is 13.2. The molecule has 2 atom stereocenters. The average Bonchev–Trinajstić information content (AvgIpc) is 3.11. The fourth-order valence-corrected chi connectivity index (χ4v) is 5.97. The highest BCUT2D eigenvalue weighted by molar-refractivity contribution is 5.85. The Hall–Kier alpha value is -1.30. The second-order valence-electron chi connectivity index (χ2n) is 8.94. The van der Waals surface area contributed by atoms with Crippen LogP contribution >= 0.6 is 24.8 Å². The van der Waals surface area contributed by atoms with Crippen LogP contribution in [-0.4, -0.2) is 39.9 Å².